The fourth-order valence-electron chi connectivity index (χ4n) is 0.377. The Hall–Kier alpha value is 0.0700. The lowest BCUT2D eigenvalue weighted by molar-refractivity contribution is 0.217. The highest BCUT2D eigenvalue weighted by molar-refractivity contribution is 8.00. The van der Waals surface area contributed by atoms with Crippen LogP contribution in [-0.2, 0) is 14.9 Å². The first-order chi connectivity index (χ1) is 4.12. The van der Waals surface area contributed by atoms with Gasteiger partial charge in [0, 0.05) is 19.1 Å². The molecule has 58 valence electrons. The number of methoxy groups -OCH3 is 1. The number of ether oxygens (including phenoxy) is 1. The molecule has 0 unspecified atom stereocenters. The molecule has 0 radical (unpaired) electrons. The summed E-state index contributed by atoms with van der Waals surface area (Å²) < 4.78 is 18.7. The van der Waals surface area contributed by atoms with Crippen molar-refractivity contribution >= 4 is 10.1 Å². The SMILES string of the molecule is CN[SH](C)(=O)CCOC. The van der Waals surface area contributed by atoms with Gasteiger partial charge < -0.3 is 4.74 Å². The van der Waals surface area contributed by atoms with E-state index in [1.165, 1.54) is 0 Å². The molecule has 0 saturated carbocycles. The van der Waals surface area contributed by atoms with Crippen LogP contribution in [0.3, 0.4) is 0 Å². The molecule has 0 fully saturated rings. The first-order valence-electron chi connectivity index (χ1n) is 2.87. The molecule has 0 aliphatic rings. The Bertz CT molecular complexity index is 116. The summed E-state index contributed by atoms with van der Waals surface area (Å²) in [4.78, 5) is 0. The molecule has 4 heteroatoms. The minimum absolute atomic E-state index is 0.564. The second-order valence-electron chi connectivity index (χ2n) is 2.04. The van der Waals surface area contributed by atoms with Crippen molar-refractivity contribution in [1.29, 1.82) is 0 Å². The molecule has 1 N–H and O–H groups in total. The fourth-order valence-corrected chi connectivity index (χ4v) is 1.13. The summed E-state index contributed by atoms with van der Waals surface area (Å²) in [6, 6.07) is 0. The summed E-state index contributed by atoms with van der Waals surface area (Å²) >= 11 is 0. The van der Waals surface area contributed by atoms with Crippen LogP contribution in [0.25, 0.3) is 0 Å². The van der Waals surface area contributed by atoms with E-state index in [-0.39, 0.29) is 0 Å². The van der Waals surface area contributed by atoms with E-state index < -0.39 is 10.1 Å². The van der Waals surface area contributed by atoms with Crippen LogP contribution in [0.1, 0.15) is 0 Å². The monoisotopic (exact) mass is 153 g/mol. The Morgan fingerprint density at radius 1 is 1.67 bits per heavy atom. The number of rotatable bonds is 4. The lowest BCUT2D eigenvalue weighted by atomic mass is 10.9. The highest BCUT2D eigenvalue weighted by atomic mass is 32.3. The summed E-state index contributed by atoms with van der Waals surface area (Å²) in [6.45, 7) is 0.564. The number of hydrogen-bond acceptors (Lipinski definition) is 2. The van der Waals surface area contributed by atoms with Crippen molar-refractivity contribution in [1.82, 2.24) is 4.72 Å². The summed E-state index contributed by atoms with van der Waals surface area (Å²) in [7, 11) is 1.25. The van der Waals surface area contributed by atoms with Crippen LogP contribution in [0.15, 0.2) is 0 Å². The lowest BCUT2D eigenvalue weighted by Crippen LogP contribution is -2.31. The van der Waals surface area contributed by atoms with E-state index >= 15 is 0 Å². The first-order valence-corrected chi connectivity index (χ1v) is 5.21. The zero-order valence-electron chi connectivity index (χ0n) is 6.18. The van der Waals surface area contributed by atoms with Crippen LogP contribution in [-0.4, -0.2) is 37.0 Å². The molecule has 0 bridgehead atoms. The largest absolute Gasteiger partial charge is 0.384 e. The van der Waals surface area contributed by atoms with Gasteiger partial charge in [-0.1, -0.05) is 10.1 Å². The third kappa shape index (κ3) is 4.57. The maximum atomic E-state index is 11.2. The van der Waals surface area contributed by atoms with Crippen molar-refractivity contribution in [3.8, 4) is 0 Å². The molecule has 0 saturated heterocycles. The van der Waals surface area contributed by atoms with E-state index in [9.17, 15) is 4.21 Å². The maximum Gasteiger partial charge on any atom is 0.0570 e. The molecular formula is C5H15NO2S. The zero-order valence-corrected chi connectivity index (χ0v) is 7.07. The van der Waals surface area contributed by atoms with Crippen LogP contribution < -0.4 is 4.72 Å². The molecule has 0 rings (SSSR count). The third-order valence-electron chi connectivity index (χ3n) is 1.20. The minimum Gasteiger partial charge on any atom is -0.384 e. The summed E-state index contributed by atoms with van der Waals surface area (Å²) in [5.41, 5.74) is 0. The number of thiol groups is 1. The zero-order chi connectivity index (χ0) is 7.33. The van der Waals surface area contributed by atoms with E-state index in [4.69, 9.17) is 4.74 Å². The second-order valence-corrected chi connectivity index (χ2v) is 5.14. The molecule has 3 nitrogen and oxygen atoms in total. The smallest absolute Gasteiger partial charge is 0.0570 e. The normalized spacial score (nSPS) is 13.7. The molecule has 0 atom stereocenters. The second kappa shape index (κ2) is 3.98. The van der Waals surface area contributed by atoms with Gasteiger partial charge >= 0.3 is 0 Å². The molecule has 0 aromatic rings. The van der Waals surface area contributed by atoms with Gasteiger partial charge in [-0.15, -0.1) is 0 Å². The van der Waals surface area contributed by atoms with E-state index in [1.807, 2.05) is 0 Å². The van der Waals surface area contributed by atoms with Crippen LogP contribution >= 0.6 is 0 Å². The summed E-state index contributed by atoms with van der Waals surface area (Å²) in [6.07, 6.45) is 1.71. The molecule has 0 spiro atoms. The molecule has 9 heavy (non-hydrogen) atoms. The molecular weight excluding hydrogens is 138 g/mol. The van der Waals surface area contributed by atoms with E-state index in [0.717, 1.165) is 0 Å². The van der Waals surface area contributed by atoms with Crippen molar-refractivity contribution in [3.05, 3.63) is 0 Å². The number of nitrogens with one attached hydrogen (secondary N) is 1. The molecule has 0 aromatic carbocycles. The summed E-state index contributed by atoms with van der Waals surface area (Å²) in [5, 5.41) is 0. The summed E-state index contributed by atoms with van der Waals surface area (Å²) in [5.74, 6) is 0.611. The maximum absolute atomic E-state index is 11.2. The van der Waals surface area contributed by atoms with Crippen molar-refractivity contribution in [2.45, 2.75) is 0 Å². The Morgan fingerprint density at radius 3 is 2.56 bits per heavy atom. The van der Waals surface area contributed by atoms with E-state index in [2.05, 4.69) is 4.72 Å². The lowest BCUT2D eigenvalue weighted by Gasteiger charge is -2.15. The van der Waals surface area contributed by atoms with Crippen LogP contribution in [0, 0.1) is 0 Å². The van der Waals surface area contributed by atoms with Crippen molar-refractivity contribution < 1.29 is 8.95 Å². The van der Waals surface area contributed by atoms with Gasteiger partial charge in [-0.3, -0.25) is 8.93 Å². The first kappa shape index (κ1) is 9.07. The predicted octanol–water partition coefficient (Wildman–Crippen LogP) is -0.586. The Kier molecular flexibility index (Phi) is 4.01. The fraction of sp³-hybridized carbons (Fsp3) is 1.00. The average Bonchev–Trinajstić information content (AvgIpc) is 1.84. The number of hydrogen-bond donors (Lipinski definition) is 2. The Morgan fingerprint density at radius 2 is 2.22 bits per heavy atom. The Balaban J connectivity index is 3.46. The van der Waals surface area contributed by atoms with Gasteiger partial charge in [0.25, 0.3) is 0 Å². The van der Waals surface area contributed by atoms with Gasteiger partial charge in [0.1, 0.15) is 0 Å². The topological polar surface area (TPSA) is 38.3 Å². The van der Waals surface area contributed by atoms with Gasteiger partial charge in [-0.2, -0.15) is 0 Å². The van der Waals surface area contributed by atoms with Crippen LogP contribution in [0.2, 0.25) is 0 Å². The highest BCUT2D eigenvalue weighted by Gasteiger charge is 2.01. The van der Waals surface area contributed by atoms with Crippen molar-refractivity contribution in [3.63, 3.8) is 0 Å². The van der Waals surface area contributed by atoms with Crippen molar-refractivity contribution in [2.75, 3.05) is 32.8 Å². The third-order valence-corrected chi connectivity index (χ3v) is 3.18. The van der Waals surface area contributed by atoms with Crippen LogP contribution in [0.4, 0.5) is 0 Å². The Labute approximate surface area is 57.3 Å². The van der Waals surface area contributed by atoms with E-state index in [1.54, 1.807) is 20.4 Å². The minimum atomic E-state index is -2.06. The molecule has 0 aliphatic heterocycles. The van der Waals surface area contributed by atoms with Crippen LogP contribution in [0.5, 0.6) is 0 Å². The average molecular weight is 153 g/mol. The standard InChI is InChI=1S/C5H15NO2S/c1-6-9(3,7)5-4-8-2/h9H,4-5H2,1-3H3,(H,6,7). The predicted molar refractivity (Wildman–Crippen MR) is 41.3 cm³/mol. The van der Waals surface area contributed by atoms with Gasteiger partial charge in [-0.05, 0) is 7.05 Å². The molecule has 0 heterocycles. The quantitative estimate of drug-likeness (QED) is 0.530. The highest BCUT2D eigenvalue weighted by Crippen LogP contribution is 1.89. The van der Waals surface area contributed by atoms with Gasteiger partial charge in [0.2, 0.25) is 0 Å². The molecule has 0 aromatic heterocycles. The molecule has 0 aliphatic carbocycles. The van der Waals surface area contributed by atoms with Gasteiger partial charge in [-0.25, -0.2) is 0 Å². The van der Waals surface area contributed by atoms with E-state index in [0.29, 0.717) is 12.4 Å². The van der Waals surface area contributed by atoms with Gasteiger partial charge in [0.05, 0.1) is 6.61 Å². The van der Waals surface area contributed by atoms with Gasteiger partial charge in [0.15, 0.2) is 0 Å². The van der Waals surface area contributed by atoms with Crippen molar-refractivity contribution in [2.24, 2.45) is 0 Å². The molecule has 0 amide bonds.